The number of benzene rings is 9. The topological polar surface area (TPSA) is 8.17 Å². The molecule has 0 saturated carbocycles. The van der Waals surface area contributed by atoms with E-state index in [9.17, 15) is 0 Å². The average molecular weight is 689 g/mol. The van der Waals surface area contributed by atoms with Gasteiger partial charge in [-0.05, 0) is 93.2 Å². The van der Waals surface area contributed by atoms with Crippen LogP contribution in [0.3, 0.4) is 0 Å². The van der Waals surface area contributed by atoms with Crippen LogP contribution in [0.5, 0.6) is 0 Å². The average Bonchev–Trinajstić information content (AvgIpc) is 3.59. The van der Waals surface area contributed by atoms with Gasteiger partial charge in [0, 0.05) is 27.7 Å². The highest BCUT2D eigenvalue weighted by Crippen LogP contribution is 2.46. The fourth-order valence-corrected chi connectivity index (χ4v) is 8.12. The Bertz CT molecular complexity index is 2930. The lowest BCUT2D eigenvalue weighted by Gasteiger charge is -2.28. The number of aromatic nitrogens is 1. The zero-order valence-electron chi connectivity index (χ0n) is 29.7. The summed E-state index contributed by atoms with van der Waals surface area (Å²) in [6.45, 7) is 0. The molecular weight excluding hydrogens is 653 g/mol. The van der Waals surface area contributed by atoms with Gasteiger partial charge < -0.3 is 9.47 Å². The van der Waals surface area contributed by atoms with Crippen LogP contribution >= 0.6 is 0 Å². The van der Waals surface area contributed by atoms with Crippen molar-refractivity contribution in [3.8, 4) is 39.1 Å². The molecule has 2 heteroatoms. The Labute approximate surface area is 315 Å². The van der Waals surface area contributed by atoms with Crippen molar-refractivity contribution in [2.24, 2.45) is 0 Å². The summed E-state index contributed by atoms with van der Waals surface area (Å²) >= 11 is 0. The Morgan fingerprint density at radius 2 is 0.963 bits per heavy atom. The van der Waals surface area contributed by atoms with Gasteiger partial charge in [0.15, 0.2) is 0 Å². The molecule has 9 aromatic carbocycles. The maximum absolute atomic E-state index is 2.44. The van der Waals surface area contributed by atoms with Gasteiger partial charge in [-0.1, -0.05) is 164 Å². The number of para-hydroxylation sites is 3. The first-order valence-corrected chi connectivity index (χ1v) is 18.5. The molecule has 0 N–H and O–H groups in total. The Morgan fingerprint density at radius 3 is 1.76 bits per heavy atom. The molecule has 0 amide bonds. The maximum atomic E-state index is 2.44. The third-order valence-corrected chi connectivity index (χ3v) is 10.6. The molecule has 0 unspecified atom stereocenters. The lowest BCUT2D eigenvalue weighted by Crippen LogP contribution is -2.10. The van der Waals surface area contributed by atoms with E-state index >= 15 is 0 Å². The molecule has 0 bridgehead atoms. The van der Waals surface area contributed by atoms with Crippen molar-refractivity contribution < 1.29 is 0 Å². The monoisotopic (exact) mass is 688 g/mol. The number of fused-ring (bicyclic) bond motifs is 4. The molecule has 0 saturated heterocycles. The number of nitrogens with zero attached hydrogens (tertiary/aromatic N) is 2. The van der Waals surface area contributed by atoms with Crippen LogP contribution in [0.2, 0.25) is 0 Å². The molecule has 0 radical (unpaired) electrons. The minimum absolute atomic E-state index is 1.10. The van der Waals surface area contributed by atoms with Crippen LogP contribution in [0.25, 0.3) is 71.6 Å². The van der Waals surface area contributed by atoms with E-state index in [4.69, 9.17) is 0 Å². The molecule has 0 aliphatic rings. The second kappa shape index (κ2) is 13.4. The van der Waals surface area contributed by atoms with Crippen LogP contribution in [-0.4, -0.2) is 4.57 Å². The third-order valence-electron chi connectivity index (χ3n) is 10.6. The Balaban J connectivity index is 1.24. The molecule has 54 heavy (non-hydrogen) atoms. The van der Waals surface area contributed by atoms with Crippen molar-refractivity contribution in [1.82, 2.24) is 4.57 Å². The molecule has 0 aliphatic carbocycles. The van der Waals surface area contributed by atoms with E-state index in [1.807, 2.05) is 0 Å². The van der Waals surface area contributed by atoms with Crippen molar-refractivity contribution >= 4 is 49.6 Å². The standard InChI is InChI=1S/C52H36N2/c1-4-18-38(19-5-1)44-34-33-43(36-47(44)41-32-31-37-17-10-11-22-40(37)35-41)53(42-23-8-3-9-24-42)50-29-16-30-51-52(50)46-26-13-15-28-49(46)54(51)48-27-14-12-25-45(48)39-20-6-2-7-21-39/h1-36H. The van der Waals surface area contributed by atoms with Gasteiger partial charge in [-0.15, -0.1) is 0 Å². The normalized spacial score (nSPS) is 11.3. The van der Waals surface area contributed by atoms with Crippen molar-refractivity contribution in [1.29, 1.82) is 0 Å². The lowest BCUT2D eigenvalue weighted by atomic mass is 9.92. The van der Waals surface area contributed by atoms with Gasteiger partial charge >= 0.3 is 0 Å². The Morgan fingerprint density at radius 1 is 0.333 bits per heavy atom. The quantitative estimate of drug-likeness (QED) is 0.162. The van der Waals surface area contributed by atoms with E-state index in [0.29, 0.717) is 0 Å². The predicted octanol–water partition coefficient (Wildman–Crippen LogP) is 14.4. The summed E-state index contributed by atoms with van der Waals surface area (Å²) < 4.78 is 2.44. The highest BCUT2D eigenvalue weighted by Gasteiger charge is 2.23. The number of hydrogen-bond acceptors (Lipinski definition) is 1. The molecule has 2 nitrogen and oxygen atoms in total. The fraction of sp³-hybridized carbons (Fsp3) is 0. The zero-order valence-corrected chi connectivity index (χ0v) is 29.7. The number of hydrogen-bond donors (Lipinski definition) is 0. The second-order valence-corrected chi connectivity index (χ2v) is 13.7. The van der Waals surface area contributed by atoms with E-state index in [1.54, 1.807) is 0 Å². The molecule has 10 rings (SSSR count). The molecule has 254 valence electrons. The minimum atomic E-state index is 1.10. The summed E-state index contributed by atoms with van der Waals surface area (Å²) in [5.41, 5.74) is 14.0. The lowest BCUT2D eigenvalue weighted by molar-refractivity contribution is 1.18. The van der Waals surface area contributed by atoms with E-state index < -0.39 is 0 Å². The third kappa shape index (κ3) is 5.44. The summed E-state index contributed by atoms with van der Waals surface area (Å²) in [7, 11) is 0. The summed E-state index contributed by atoms with van der Waals surface area (Å²) in [6, 6.07) is 78.9. The molecule has 1 heterocycles. The first-order valence-electron chi connectivity index (χ1n) is 18.5. The Kier molecular flexibility index (Phi) is 7.85. The number of anilines is 3. The highest BCUT2D eigenvalue weighted by molar-refractivity contribution is 6.17. The molecule has 0 fully saturated rings. The summed E-state index contributed by atoms with van der Waals surface area (Å²) in [5, 5.41) is 4.89. The van der Waals surface area contributed by atoms with E-state index in [0.717, 1.165) is 28.3 Å². The Hall–Kier alpha value is -7.16. The largest absolute Gasteiger partial charge is 0.310 e. The van der Waals surface area contributed by atoms with Crippen molar-refractivity contribution in [2.45, 2.75) is 0 Å². The highest BCUT2D eigenvalue weighted by atomic mass is 15.1. The van der Waals surface area contributed by atoms with Crippen LogP contribution in [0.1, 0.15) is 0 Å². The van der Waals surface area contributed by atoms with Crippen molar-refractivity contribution in [3.63, 3.8) is 0 Å². The smallest absolute Gasteiger partial charge is 0.0562 e. The molecular formula is C52H36N2. The van der Waals surface area contributed by atoms with Gasteiger partial charge in [0.2, 0.25) is 0 Å². The first kappa shape index (κ1) is 31.6. The van der Waals surface area contributed by atoms with Crippen LogP contribution in [0.4, 0.5) is 17.1 Å². The van der Waals surface area contributed by atoms with Crippen molar-refractivity contribution in [3.05, 3.63) is 218 Å². The number of rotatable bonds is 7. The first-order chi connectivity index (χ1) is 26.8. The van der Waals surface area contributed by atoms with Crippen LogP contribution in [0.15, 0.2) is 218 Å². The maximum Gasteiger partial charge on any atom is 0.0562 e. The van der Waals surface area contributed by atoms with Gasteiger partial charge in [0.25, 0.3) is 0 Å². The second-order valence-electron chi connectivity index (χ2n) is 13.7. The predicted molar refractivity (Wildman–Crippen MR) is 229 cm³/mol. The van der Waals surface area contributed by atoms with E-state index in [-0.39, 0.29) is 0 Å². The van der Waals surface area contributed by atoms with Gasteiger partial charge in [0.1, 0.15) is 0 Å². The molecule has 10 aromatic rings. The van der Waals surface area contributed by atoms with Gasteiger partial charge in [-0.2, -0.15) is 0 Å². The fourth-order valence-electron chi connectivity index (χ4n) is 8.12. The SMILES string of the molecule is c1ccc(-c2ccc(N(c3ccccc3)c3cccc4c3c3ccccc3n4-c3ccccc3-c3ccccc3)cc2-c2ccc3ccccc3c2)cc1. The van der Waals surface area contributed by atoms with Crippen LogP contribution in [-0.2, 0) is 0 Å². The molecule has 1 aromatic heterocycles. The summed E-state index contributed by atoms with van der Waals surface area (Å²) in [5.74, 6) is 0. The van der Waals surface area contributed by atoms with Gasteiger partial charge in [-0.25, -0.2) is 0 Å². The van der Waals surface area contributed by atoms with E-state index in [2.05, 4.69) is 228 Å². The zero-order chi connectivity index (χ0) is 35.8. The van der Waals surface area contributed by atoms with Crippen molar-refractivity contribution in [2.75, 3.05) is 4.90 Å². The van der Waals surface area contributed by atoms with E-state index in [1.165, 1.54) is 60.4 Å². The molecule has 0 aliphatic heterocycles. The molecule has 0 spiro atoms. The van der Waals surface area contributed by atoms with Gasteiger partial charge in [-0.3, -0.25) is 0 Å². The van der Waals surface area contributed by atoms with Crippen LogP contribution < -0.4 is 4.90 Å². The van der Waals surface area contributed by atoms with Crippen LogP contribution in [0, 0.1) is 0 Å². The minimum Gasteiger partial charge on any atom is -0.310 e. The summed E-state index contributed by atoms with van der Waals surface area (Å²) in [4.78, 5) is 2.43. The summed E-state index contributed by atoms with van der Waals surface area (Å²) in [6.07, 6.45) is 0. The molecule has 0 atom stereocenters. The van der Waals surface area contributed by atoms with Gasteiger partial charge in [0.05, 0.1) is 22.4 Å².